The number of amides is 2. The van der Waals surface area contributed by atoms with Crippen molar-refractivity contribution in [3.8, 4) is 11.3 Å². The average Bonchev–Trinajstić information content (AvgIpc) is 3.39. The number of carbonyl (C=O) groups excluding carboxylic acids is 4. The van der Waals surface area contributed by atoms with Crippen molar-refractivity contribution in [3.05, 3.63) is 47.5 Å². The molecular formula is C34H41N5O4. The summed E-state index contributed by atoms with van der Waals surface area (Å²) in [5.41, 5.74) is 4.70. The van der Waals surface area contributed by atoms with E-state index in [1.54, 1.807) is 24.2 Å². The van der Waals surface area contributed by atoms with Gasteiger partial charge in [0.1, 0.15) is 6.54 Å². The van der Waals surface area contributed by atoms with Crippen LogP contribution in [0.2, 0.25) is 0 Å². The highest BCUT2D eigenvalue weighted by Crippen LogP contribution is 2.59. The maximum atomic E-state index is 14.1. The molecule has 6 rings (SSSR count). The highest BCUT2D eigenvalue weighted by atomic mass is 16.2. The van der Waals surface area contributed by atoms with Crippen molar-refractivity contribution in [1.29, 1.82) is 0 Å². The molecule has 4 heterocycles. The molecule has 2 fully saturated rings. The second kappa shape index (κ2) is 11.3. The van der Waals surface area contributed by atoms with Gasteiger partial charge in [-0.2, -0.15) is 0 Å². The normalized spacial score (nSPS) is 26.1. The van der Waals surface area contributed by atoms with Gasteiger partial charge in [-0.05, 0) is 63.1 Å². The molecule has 2 aliphatic heterocycles. The van der Waals surface area contributed by atoms with Gasteiger partial charge < -0.3 is 14.8 Å². The lowest BCUT2D eigenvalue weighted by atomic mass is 9.94. The van der Waals surface area contributed by atoms with Crippen LogP contribution in [0.4, 0.5) is 0 Å². The van der Waals surface area contributed by atoms with E-state index in [0.717, 1.165) is 65.5 Å². The quantitative estimate of drug-likeness (QED) is 0.441. The van der Waals surface area contributed by atoms with Gasteiger partial charge in [-0.1, -0.05) is 26.7 Å². The molecule has 1 aliphatic carbocycles. The maximum Gasteiger partial charge on any atom is 0.243 e. The minimum Gasteiger partial charge on any atom is -0.355 e. The van der Waals surface area contributed by atoms with Crippen LogP contribution in [-0.2, 0) is 27.3 Å². The number of Topliss-reactive ketones (excluding diaryl/α,β-unsaturated/α-hetero) is 2. The van der Waals surface area contributed by atoms with E-state index in [1.807, 2.05) is 30.7 Å². The Morgan fingerprint density at radius 1 is 1.12 bits per heavy atom. The van der Waals surface area contributed by atoms with Crippen molar-refractivity contribution in [3.63, 3.8) is 0 Å². The molecule has 2 bridgehead atoms. The van der Waals surface area contributed by atoms with Gasteiger partial charge in [0, 0.05) is 59.8 Å². The monoisotopic (exact) mass is 583 g/mol. The summed E-state index contributed by atoms with van der Waals surface area (Å²) >= 11 is 0. The molecule has 1 saturated carbocycles. The number of piperidine rings is 1. The first-order valence-electron chi connectivity index (χ1n) is 15.7. The molecule has 43 heavy (non-hydrogen) atoms. The number of hydrogen-bond acceptors (Lipinski definition) is 6. The summed E-state index contributed by atoms with van der Waals surface area (Å²) in [6, 6.07) is 3.56. The molecule has 0 unspecified atom stereocenters. The molecule has 2 aromatic heterocycles. The van der Waals surface area contributed by atoms with E-state index in [2.05, 4.69) is 28.3 Å². The molecule has 4 atom stereocenters. The van der Waals surface area contributed by atoms with Crippen LogP contribution in [0.3, 0.4) is 0 Å². The highest BCUT2D eigenvalue weighted by molar-refractivity contribution is 6.09. The first-order valence-corrected chi connectivity index (χ1v) is 15.7. The lowest BCUT2D eigenvalue weighted by molar-refractivity contribution is -0.139. The van der Waals surface area contributed by atoms with Crippen LogP contribution in [0.15, 0.2) is 30.7 Å². The fraction of sp³-hybridized carbons (Fsp3) is 0.529. The predicted molar refractivity (Wildman–Crippen MR) is 163 cm³/mol. The Kier molecular flexibility index (Phi) is 7.69. The van der Waals surface area contributed by atoms with Crippen LogP contribution in [-0.4, -0.2) is 61.4 Å². The van der Waals surface area contributed by atoms with E-state index < -0.39 is 6.04 Å². The third-order valence-electron chi connectivity index (χ3n) is 9.80. The van der Waals surface area contributed by atoms with Crippen molar-refractivity contribution in [2.75, 3.05) is 6.54 Å². The Morgan fingerprint density at radius 2 is 1.93 bits per heavy atom. The summed E-state index contributed by atoms with van der Waals surface area (Å²) in [4.78, 5) is 63.8. The third kappa shape index (κ3) is 5.50. The van der Waals surface area contributed by atoms with Gasteiger partial charge in [-0.25, -0.2) is 0 Å². The van der Waals surface area contributed by atoms with Gasteiger partial charge in [-0.3, -0.25) is 29.1 Å². The second-order valence-corrected chi connectivity index (χ2v) is 13.1. The molecule has 9 heteroatoms. The van der Waals surface area contributed by atoms with Crippen LogP contribution in [0.1, 0.15) is 87.3 Å². The number of aryl methyl sites for hydroxylation is 2. The van der Waals surface area contributed by atoms with Crippen molar-refractivity contribution < 1.29 is 19.2 Å². The molecule has 0 spiro atoms. The first-order chi connectivity index (χ1) is 20.6. The van der Waals surface area contributed by atoms with Crippen LogP contribution >= 0.6 is 0 Å². The molecule has 1 N–H and O–H groups in total. The predicted octanol–water partition coefficient (Wildman–Crippen LogP) is 4.82. The summed E-state index contributed by atoms with van der Waals surface area (Å²) in [6.07, 6.45) is 11.1. The number of carbonyl (C=O) groups is 4. The van der Waals surface area contributed by atoms with Gasteiger partial charge in [0.15, 0.2) is 11.6 Å². The van der Waals surface area contributed by atoms with Gasteiger partial charge in [-0.15, -0.1) is 0 Å². The Hall–Kier alpha value is -3.88. The van der Waals surface area contributed by atoms with Crippen molar-refractivity contribution in [2.24, 2.45) is 11.3 Å². The minimum absolute atomic E-state index is 0.0429. The van der Waals surface area contributed by atoms with Crippen LogP contribution < -0.4 is 5.32 Å². The SMILES string of the molecule is CCC(=O)[C@@H]1C[C@]23CNC(=O)C[C@@H](C)CCCCc4cc(-c5cnc(C)cn5)cc5c(C(C)=O)cn(c45)CC(=O)N1[C@@H]2C3. The molecule has 2 amide bonds. The number of rotatable bonds is 4. The topological polar surface area (TPSA) is 114 Å². The van der Waals surface area contributed by atoms with Gasteiger partial charge in [0.25, 0.3) is 0 Å². The Labute approximate surface area is 252 Å². The second-order valence-electron chi connectivity index (χ2n) is 13.1. The molecule has 9 nitrogen and oxygen atoms in total. The zero-order valence-corrected chi connectivity index (χ0v) is 25.6. The molecule has 1 aromatic carbocycles. The van der Waals surface area contributed by atoms with E-state index in [0.29, 0.717) is 31.4 Å². The molecule has 3 aliphatic rings. The Bertz CT molecular complexity index is 1610. The maximum absolute atomic E-state index is 14.1. The molecule has 0 radical (unpaired) electrons. The fourth-order valence-electron chi connectivity index (χ4n) is 7.37. The summed E-state index contributed by atoms with van der Waals surface area (Å²) in [6.45, 7) is 7.95. The molecule has 1 saturated heterocycles. The number of aromatic nitrogens is 3. The van der Waals surface area contributed by atoms with Gasteiger partial charge in [0.05, 0.1) is 29.1 Å². The van der Waals surface area contributed by atoms with E-state index in [4.69, 9.17) is 0 Å². The summed E-state index contributed by atoms with van der Waals surface area (Å²) < 4.78 is 1.92. The van der Waals surface area contributed by atoms with E-state index in [9.17, 15) is 19.2 Å². The average molecular weight is 584 g/mol. The van der Waals surface area contributed by atoms with E-state index >= 15 is 0 Å². The Morgan fingerprint density at radius 3 is 2.65 bits per heavy atom. The number of hydrogen-bond donors (Lipinski definition) is 1. The van der Waals surface area contributed by atoms with Crippen LogP contribution in [0.5, 0.6) is 0 Å². The van der Waals surface area contributed by atoms with Gasteiger partial charge >= 0.3 is 0 Å². The number of nitrogens with one attached hydrogen (secondary N) is 1. The highest BCUT2D eigenvalue weighted by Gasteiger charge is 2.66. The summed E-state index contributed by atoms with van der Waals surface area (Å²) in [5, 5.41) is 3.94. The molecular weight excluding hydrogens is 542 g/mol. The zero-order valence-electron chi connectivity index (χ0n) is 25.6. The zero-order chi connectivity index (χ0) is 30.5. The number of nitrogens with zero attached hydrogens (tertiary/aromatic N) is 4. The fourth-order valence-corrected chi connectivity index (χ4v) is 7.37. The lowest BCUT2D eigenvalue weighted by Gasteiger charge is -2.27. The first kappa shape index (κ1) is 29.2. The van der Waals surface area contributed by atoms with E-state index in [-0.39, 0.29) is 47.3 Å². The van der Waals surface area contributed by atoms with Crippen LogP contribution in [0, 0.1) is 18.3 Å². The smallest absolute Gasteiger partial charge is 0.243 e. The molecule has 226 valence electrons. The minimum atomic E-state index is -0.480. The summed E-state index contributed by atoms with van der Waals surface area (Å²) in [5.74, 6) is 0.165. The number of benzene rings is 1. The Balaban J connectivity index is 1.45. The largest absolute Gasteiger partial charge is 0.355 e. The van der Waals surface area contributed by atoms with Crippen molar-refractivity contribution in [1.82, 2.24) is 24.8 Å². The van der Waals surface area contributed by atoms with Crippen LogP contribution in [0.25, 0.3) is 22.2 Å². The summed E-state index contributed by atoms with van der Waals surface area (Å²) in [7, 11) is 0. The van der Waals surface area contributed by atoms with Crippen molar-refractivity contribution in [2.45, 2.75) is 97.7 Å². The standard InChI is InChI=1S/C34H41N5O4/c1-5-29(41)28-13-34-14-30(34)39(28)32(43)18-38-17-26(22(4)40)25-12-24(27-16-35-21(3)15-36-27)11-23(33(25)38)9-7-6-8-20(2)10-31(42)37-19-34/h11-12,15-17,20,28,30H,5-10,13-14,18-19H2,1-4H3,(H,37,42)/t20-,28-,30+,34-/m0/s1. The van der Waals surface area contributed by atoms with E-state index in [1.165, 1.54) is 0 Å². The lowest BCUT2D eigenvalue weighted by Crippen LogP contribution is -2.44. The van der Waals surface area contributed by atoms with Crippen molar-refractivity contribution >= 4 is 34.3 Å². The molecule has 3 aromatic rings. The third-order valence-corrected chi connectivity index (χ3v) is 9.80. The van der Waals surface area contributed by atoms with Gasteiger partial charge in [0.2, 0.25) is 11.8 Å². The number of ketones is 2.